The third kappa shape index (κ3) is 7.81. The van der Waals surface area contributed by atoms with Gasteiger partial charge in [-0.25, -0.2) is 19.6 Å². The van der Waals surface area contributed by atoms with Crippen molar-refractivity contribution in [2.75, 3.05) is 13.1 Å². The summed E-state index contributed by atoms with van der Waals surface area (Å²) < 4.78 is 11.7. The van der Waals surface area contributed by atoms with Crippen LogP contribution >= 0.6 is 0 Å². The molecule has 0 radical (unpaired) electrons. The zero-order valence-corrected chi connectivity index (χ0v) is 40.7. The second-order valence-electron chi connectivity index (χ2n) is 23.9. The second kappa shape index (κ2) is 15.7. The van der Waals surface area contributed by atoms with Gasteiger partial charge in [0, 0.05) is 18.7 Å². The van der Waals surface area contributed by atoms with Crippen LogP contribution in [0.15, 0.2) is 48.7 Å². The van der Waals surface area contributed by atoms with Crippen molar-refractivity contribution < 1.29 is 19.1 Å². The maximum atomic E-state index is 13.4. The van der Waals surface area contributed by atoms with Crippen LogP contribution in [0.3, 0.4) is 0 Å². The van der Waals surface area contributed by atoms with Crippen molar-refractivity contribution in [3.63, 3.8) is 0 Å². The molecule has 10 heteroatoms. The molecule has 348 valence electrons. The Morgan fingerprint density at radius 3 is 1.62 bits per heavy atom. The molecule has 6 aliphatic rings. The fraction of sp³-hybridized carbons (Fsp3) is 0.571. The van der Waals surface area contributed by atoms with Gasteiger partial charge in [0.25, 0.3) is 0 Å². The van der Waals surface area contributed by atoms with E-state index in [0.29, 0.717) is 35.8 Å². The van der Waals surface area contributed by atoms with Gasteiger partial charge in [-0.05, 0) is 185 Å². The molecule has 2 saturated carbocycles. The van der Waals surface area contributed by atoms with Gasteiger partial charge in [-0.1, -0.05) is 69.9 Å². The van der Waals surface area contributed by atoms with Crippen LogP contribution in [0.1, 0.15) is 166 Å². The number of H-pyrrole nitrogens is 2. The fourth-order valence-corrected chi connectivity index (χ4v) is 13.5. The molecule has 0 unspecified atom stereocenters. The highest BCUT2D eigenvalue weighted by molar-refractivity contribution is 5.87. The number of fused-ring (bicyclic) bond motifs is 3. The largest absolute Gasteiger partial charge is 0.444 e. The van der Waals surface area contributed by atoms with E-state index in [0.717, 1.165) is 66.9 Å². The number of nitrogens with one attached hydrogen (secondary N) is 2. The van der Waals surface area contributed by atoms with Gasteiger partial charge in [0.1, 0.15) is 22.9 Å². The summed E-state index contributed by atoms with van der Waals surface area (Å²) in [6.45, 7) is 17.3. The molecule has 2 aliphatic heterocycles. The molecule has 4 heterocycles. The highest BCUT2D eigenvalue weighted by atomic mass is 16.6. The van der Waals surface area contributed by atoms with E-state index in [9.17, 15) is 9.59 Å². The lowest BCUT2D eigenvalue weighted by atomic mass is 9.82. The third-order valence-corrected chi connectivity index (χ3v) is 16.3. The van der Waals surface area contributed by atoms with Crippen LogP contribution < -0.4 is 0 Å². The first kappa shape index (κ1) is 43.5. The van der Waals surface area contributed by atoms with Crippen LogP contribution in [-0.4, -0.2) is 66.2 Å². The third-order valence-electron chi connectivity index (χ3n) is 16.3. The topological polar surface area (TPSA) is 116 Å². The molecule has 66 heavy (non-hydrogen) atoms. The number of carbonyl (C=O) groups is 2. The molecule has 11 rings (SSSR count). The summed E-state index contributed by atoms with van der Waals surface area (Å²) in [5.41, 5.74) is 15.3. The predicted octanol–water partition coefficient (Wildman–Crippen LogP) is 13.2. The van der Waals surface area contributed by atoms with Gasteiger partial charge in [0.2, 0.25) is 0 Å². The molecule has 2 spiro atoms. The smallest absolute Gasteiger partial charge is 0.410 e. The van der Waals surface area contributed by atoms with E-state index in [-0.39, 0.29) is 24.3 Å². The Kier molecular flexibility index (Phi) is 10.4. The number of nitrogens with zero attached hydrogens (tertiary/aromatic N) is 4. The Balaban J connectivity index is 0.954. The van der Waals surface area contributed by atoms with Gasteiger partial charge < -0.3 is 19.4 Å². The first-order chi connectivity index (χ1) is 31.4. The summed E-state index contributed by atoms with van der Waals surface area (Å²) in [5.74, 6) is 2.41. The van der Waals surface area contributed by atoms with Crippen molar-refractivity contribution in [2.45, 2.75) is 169 Å². The molecule has 2 aromatic heterocycles. The van der Waals surface area contributed by atoms with Crippen molar-refractivity contribution in [3.05, 3.63) is 82.6 Å². The Bertz CT molecular complexity index is 2720. The number of benzene rings is 3. The molecular weight excluding hydrogens is 821 g/mol. The summed E-state index contributed by atoms with van der Waals surface area (Å²) in [7, 11) is 0. The molecule has 4 fully saturated rings. The molecule has 0 bridgehead atoms. The minimum Gasteiger partial charge on any atom is -0.444 e. The minimum absolute atomic E-state index is 0.136. The van der Waals surface area contributed by atoms with E-state index >= 15 is 0 Å². The average Bonchev–Trinajstić information content (AvgIpc) is 4.11. The number of hydrogen-bond acceptors (Lipinski definition) is 6. The van der Waals surface area contributed by atoms with Crippen LogP contribution in [-0.2, 0) is 35.2 Å². The number of likely N-dealkylation sites (tertiary alicyclic amines) is 2. The number of carbonyl (C=O) groups excluding carboxylic acids is 2. The van der Waals surface area contributed by atoms with Crippen LogP contribution in [0.4, 0.5) is 9.59 Å². The zero-order valence-electron chi connectivity index (χ0n) is 40.7. The minimum atomic E-state index is -0.556. The molecule has 5 aromatic rings. The Morgan fingerprint density at radius 1 is 0.621 bits per heavy atom. The van der Waals surface area contributed by atoms with E-state index in [2.05, 4.69) is 66.3 Å². The number of aromatic nitrogens is 4. The molecule has 4 atom stereocenters. The van der Waals surface area contributed by atoms with Crippen molar-refractivity contribution >= 4 is 23.2 Å². The van der Waals surface area contributed by atoms with Gasteiger partial charge in [-0.2, -0.15) is 0 Å². The van der Waals surface area contributed by atoms with Crippen LogP contribution in [0.5, 0.6) is 0 Å². The normalized spacial score (nSPS) is 24.3. The molecule has 2 N–H and O–H groups in total. The second-order valence-corrected chi connectivity index (χ2v) is 23.9. The number of aromatic amines is 2. The van der Waals surface area contributed by atoms with E-state index in [1.54, 1.807) is 5.56 Å². The SMILES string of the molecule is C[C@H]1C[C@@H](c2ncc(-c3ccc(-c4ccc(-c5ccc6nc([C@@H]7C[C@H](C)CN7C(=O)OC(C)(C)C)[nH]c6c5)c5c4CC4(CCCC4)C5)c4c3CC3(CCCC3)C4)[nH]2)N(C(=O)OC(C)(C)C)C1. The van der Waals surface area contributed by atoms with Crippen LogP contribution in [0.25, 0.3) is 44.5 Å². The van der Waals surface area contributed by atoms with Crippen molar-refractivity contribution in [1.82, 2.24) is 29.7 Å². The Labute approximate surface area is 391 Å². The van der Waals surface area contributed by atoms with E-state index in [1.807, 2.05) is 57.5 Å². The van der Waals surface area contributed by atoms with Crippen LogP contribution in [0, 0.1) is 22.7 Å². The summed E-state index contributed by atoms with van der Waals surface area (Å²) in [5, 5.41) is 0. The number of rotatable bonds is 5. The number of amides is 2. The van der Waals surface area contributed by atoms with Gasteiger partial charge in [0.15, 0.2) is 0 Å². The predicted molar refractivity (Wildman–Crippen MR) is 260 cm³/mol. The van der Waals surface area contributed by atoms with Gasteiger partial charge in [-0.3, -0.25) is 9.80 Å². The fourth-order valence-electron chi connectivity index (χ4n) is 13.5. The lowest BCUT2D eigenvalue weighted by Crippen LogP contribution is -2.37. The lowest BCUT2D eigenvalue weighted by molar-refractivity contribution is 0.0204. The lowest BCUT2D eigenvalue weighted by Gasteiger charge is -2.27. The molecule has 2 amide bonds. The first-order valence-electron chi connectivity index (χ1n) is 25.3. The molecule has 2 saturated heterocycles. The number of hydrogen-bond donors (Lipinski definition) is 2. The van der Waals surface area contributed by atoms with Gasteiger partial charge >= 0.3 is 12.2 Å². The van der Waals surface area contributed by atoms with E-state index in [4.69, 9.17) is 19.4 Å². The highest BCUT2D eigenvalue weighted by Gasteiger charge is 2.46. The standard InChI is InChI=1S/C56H70N6O4/c1-33-23-47(61(31-33)51(63)65-53(3,4)5)49-57-30-46(60-49)39-17-16-38(42-28-56(29-43(39)42)21-11-12-22-56)37-15-14-36(40-26-55(27-41(37)40)19-9-10-20-55)35-13-18-44-45(25-35)59-50(58-44)48-24-34(2)32-62(48)52(64)66-54(6,7)8/h13-18,25,30,33-34,47-48H,9-12,19-24,26-29,31-32H2,1-8H3,(H,57,60)(H,58,59)/t33-,34-,47-,48-/m0/s1. The molecule has 3 aromatic carbocycles. The van der Waals surface area contributed by atoms with Crippen LogP contribution in [0.2, 0.25) is 0 Å². The van der Waals surface area contributed by atoms with E-state index in [1.165, 1.54) is 95.9 Å². The monoisotopic (exact) mass is 891 g/mol. The first-order valence-corrected chi connectivity index (χ1v) is 25.3. The molecular formula is C56H70N6O4. The van der Waals surface area contributed by atoms with Crippen molar-refractivity contribution in [3.8, 4) is 33.5 Å². The average molecular weight is 891 g/mol. The zero-order chi connectivity index (χ0) is 45.9. The van der Waals surface area contributed by atoms with Crippen molar-refractivity contribution in [2.24, 2.45) is 22.7 Å². The quantitative estimate of drug-likeness (QED) is 0.182. The maximum absolute atomic E-state index is 13.4. The van der Waals surface area contributed by atoms with Gasteiger partial charge in [0.05, 0.1) is 35.0 Å². The molecule has 4 aliphatic carbocycles. The van der Waals surface area contributed by atoms with Gasteiger partial charge in [-0.15, -0.1) is 0 Å². The Hall–Kier alpha value is -5.12. The van der Waals surface area contributed by atoms with Crippen molar-refractivity contribution in [1.29, 1.82) is 0 Å². The number of ether oxygens (including phenoxy) is 2. The molecule has 10 nitrogen and oxygen atoms in total. The number of imidazole rings is 2. The summed E-state index contributed by atoms with van der Waals surface area (Å²) in [6, 6.07) is 16.1. The summed E-state index contributed by atoms with van der Waals surface area (Å²) in [6.07, 6.45) is 18.1. The Morgan fingerprint density at radius 2 is 1.09 bits per heavy atom. The summed E-state index contributed by atoms with van der Waals surface area (Å²) >= 11 is 0. The van der Waals surface area contributed by atoms with E-state index < -0.39 is 11.2 Å². The summed E-state index contributed by atoms with van der Waals surface area (Å²) in [4.78, 5) is 48.0. The maximum Gasteiger partial charge on any atom is 0.410 e. The highest BCUT2D eigenvalue weighted by Crippen LogP contribution is 2.57.